The summed E-state index contributed by atoms with van der Waals surface area (Å²) in [5.74, 6) is -0.104. The monoisotopic (exact) mass is 340 g/mol. The number of carbonyl (C=O) groups excluding carboxylic acids is 1. The van der Waals surface area contributed by atoms with Crippen molar-refractivity contribution in [3.05, 3.63) is 20.8 Å². The molecule has 0 aliphatic heterocycles. The zero-order valence-electron chi connectivity index (χ0n) is 10.1. The van der Waals surface area contributed by atoms with Crippen LogP contribution >= 0.6 is 39.7 Å². The molecule has 1 aromatic heterocycles. The lowest BCUT2D eigenvalue weighted by Crippen LogP contribution is -2.48. The molecule has 98 valence electrons. The average molecular weight is 342 g/mol. The molecule has 0 radical (unpaired) electrons. The first-order valence-corrected chi connectivity index (χ1v) is 6.75. The highest BCUT2D eigenvalue weighted by Crippen LogP contribution is 2.22. The topological polar surface area (TPSA) is 55.1 Å². The molecule has 1 atom stereocenters. The number of carbonyl (C=O) groups is 1. The first kappa shape index (κ1) is 16.9. The van der Waals surface area contributed by atoms with E-state index in [9.17, 15) is 4.79 Å². The Hall–Kier alpha value is -0.100. The molecular weight excluding hydrogens is 324 g/mol. The Morgan fingerprint density at radius 1 is 1.59 bits per heavy atom. The molecule has 0 aliphatic rings. The summed E-state index contributed by atoms with van der Waals surface area (Å²) in [6.45, 7) is 6.40. The van der Waals surface area contributed by atoms with Gasteiger partial charge in [0.15, 0.2) is 0 Å². The molecule has 1 aromatic rings. The lowest BCUT2D eigenvalue weighted by Gasteiger charge is -2.25. The molecule has 0 spiro atoms. The van der Waals surface area contributed by atoms with Crippen LogP contribution in [-0.4, -0.2) is 11.9 Å². The van der Waals surface area contributed by atoms with Crippen LogP contribution < -0.4 is 11.1 Å². The van der Waals surface area contributed by atoms with Crippen LogP contribution in [0, 0.1) is 5.41 Å². The summed E-state index contributed by atoms with van der Waals surface area (Å²) in [5.41, 5.74) is 5.64. The van der Waals surface area contributed by atoms with E-state index in [1.807, 2.05) is 32.2 Å². The number of nitrogens with one attached hydrogen (secondary N) is 1. The third-order valence-electron chi connectivity index (χ3n) is 2.33. The van der Waals surface area contributed by atoms with Crippen molar-refractivity contribution in [1.29, 1.82) is 0 Å². The summed E-state index contributed by atoms with van der Waals surface area (Å²) < 4.78 is 1.03. The van der Waals surface area contributed by atoms with Crippen LogP contribution in [0.5, 0.6) is 0 Å². The molecule has 0 saturated carbocycles. The Bertz CT molecular complexity index is 376. The summed E-state index contributed by atoms with van der Waals surface area (Å²) in [4.78, 5) is 12.9. The molecule has 17 heavy (non-hydrogen) atoms. The van der Waals surface area contributed by atoms with Crippen molar-refractivity contribution in [2.24, 2.45) is 11.1 Å². The van der Waals surface area contributed by atoms with E-state index >= 15 is 0 Å². The number of rotatable bonds is 3. The molecule has 0 fully saturated rings. The van der Waals surface area contributed by atoms with Crippen molar-refractivity contribution >= 4 is 45.6 Å². The van der Waals surface area contributed by atoms with Crippen molar-refractivity contribution < 1.29 is 4.79 Å². The molecule has 0 aromatic carbocycles. The van der Waals surface area contributed by atoms with Gasteiger partial charge in [-0.2, -0.15) is 0 Å². The van der Waals surface area contributed by atoms with Gasteiger partial charge < -0.3 is 11.1 Å². The average Bonchev–Trinajstić information content (AvgIpc) is 2.58. The van der Waals surface area contributed by atoms with Crippen molar-refractivity contribution in [3.8, 4) is 0 Å². The van der Waals surface area contributed by atoms with Gasteiger partial charge in [0.25, 0.3) is 0 Å². The molecule has 0 saturated heterocycles. The first-order chi connectivity index (χ1) is 7.32. The van der Waals surface area contributed by atoms with Crippen molar-refractivity contribution in [3.63, 3.8) is 0 Å². The number of hydrogen-bond donors (Lipinski definition) is 2. The Labute approximate surface area is 121 Å². The minimum atomic E-state index is -0.480. The van der Waals surface area contributed by atoms with Gasteiger partial charge in [-0.1, -0.05) is 20.8 Å². The van der Waals surface area contributed by atoms with Gasteiger partial charge in [0.1, 0.15) is 0 Å². The summed E-state index contributed by atoms with van der Waals surface area (Å²) in [7, 11) is 0. The molecule has 1 rings (SSSR count). The molecule has 3 nitrogen and oxygen atoms in total. The minimum absolute atomic E-state index is 0. The highest BCUT2D eigenvalue weighted by atomic mass is 79.9. The highest BCUT2D eigenvalue weighted by Gasteiger charge is 2.27. The number of hydrogen-bond acceptors (Lipinski definition) is 3. The minimum Gasteiger partial charge on any atom is -0.350 e. The maximum Gasteiger partial charge on any atom is 0.237 e. The largest absolute Gasteiger partial charge is 0.350 e. The van der Waals surface area contributed by atoms with Gasteiger partial charge >= 0.3 is 0 Å². The summed E-state index contributed by atoms with van der Waals surface area (Å²) >= 11 is 5.03. The van der Waals surface area contributed by atoms with E-state index in [0.29, 0.717) is 6.54 Å². The number of halogens is 2. The van der Waals surface area contributed by atoms with Crippen molar-refractivity contribution in [2.45, 2.75) is 33.4 Å². The SMILES string of the molecule is CC(C)(C)[C@H](N)C(=O)NCc1sccc1Br.Cl. The normalized spacial score (nSPS) is 12.8. The second-order valence-electron chi connectivity index (χ2n) is 4.75. The third-order valence-corrected chi connectivity index (χ3v) is 4.26. The Balaban J connectivity index is 0.00000256. The fourth-order valence-electron chi connectivity index (χ4n) is 1.12. The number of amides is 1. The second kappa shape index (κ2) is 6.73. The Morgan fingerprint density at radius 2 is 2.18 bits per heavy atom. The van der Waals surface area contributed by atoms with E-state index in [4.69, 9.17) is 5.73 Å². The molecule has 0 aliphatic carbocycles. The molecule has 0 unspecified atom stereocenters. The van der Waals surface area contributed by atoms with E-state index in [0.717, 1.165) is 9.35 Å². The standard InChI is InChI=1S/C11H17BrN2OS.ClH/c1-11(2,3)9(13)10(15)14-6-8-7(12)4-5-16-8;/h4-5,9H,6,13H2,1-3H3,(H,14,15);1H/t9-;/m1./s1. The molecular formula is C11H18BrClN2OS. The maximum absolute atomic E-state index is 11.7. The number of thiophene rings is 1. The van der Waals surface area contributed by atoms with Crippen LogP contribution in [0.15, 0.2) is 15.9 Å². The van der Waals surface area contributed by atoms with Gasteiger partial charge in [-0.15, -0.1) is 23.7 Å². The van der Waals surface area contributed by atoms with Gasteiger partial charge in [0, 0.05) is 9.35 Å². The Kier molecular flexibility index (Phi) is 6.69. The van der Waals surface area contributed by atoms with E-state index in [1.165, 1.54) is 0 Å². The van der Waals surface area contributed by atoms with Gasteiger partial charge in [0.05, 0.1) is 12.6 Å². The fourth-order valence-corrected chi connectivity index (χ4v) is 2.55. The lowest BCUT2D eigenvalue weighted by molar-refractivity contribution is -0.124. The molecule has 1 amide bonds. The predicted molar refractivity (Wildman–Crippen MR) is 78.5 cm³/mol. The fraction of sp³-hybridized carbons (Fsp3) is 0.545. The molecule has 3 N–H and O–H groups in total. The maximum atomic E-state index is 11.7. The van der Waals surface area contributed by atoms with Crippen molar-refractivity contribution in [1.82, 2.24) is 5.32 Å². The molecule has 0 bridgehead atoms. The highest BCUT2D eigenvalue weighted by molar-refractivity contribution is 9.10. The van der Waals surface area contributed by atoms with Gasteiger partial charge in [-0.25, -0.2) is 0 Å². The van der Waals surface area contributed by atoms with Crippen LogP contribution in [0.4, 0.5) is 0 Å². The van der Waals surface area contributed by atoms with Gasteiger partial charge in [-0.3, -0.25) is 4.79 Å². The summed E-state index contributed by atoms with van der Waals surface area (Å²) in [6, 6.07) is 1.49. The lowest BCUT2D eigenvalue weighted by atomic mass is 9.87. The summed E-state index contributed by atoms with van der Waals surface area (Å²) in [6.07, 6.45) is 0. The zero-order chi connectivity index (χ0) is 12.3. The predicted octanol–water partition coefficient (Wildman–Crippen LogP) is 2.92. The second-order valence-corrected chi connectivity index (χ2v) is 6.61. The zero-order valence-corrected chi connectivity index (χ0v) is 13.3. The summed E-state index contributed by atoms with van der Waals surface area (Å²) in [5, 5.41) is 4.83. The van der Waals surface area contributed by atoms with Gasteiger partial charge in [0.2, 0.25) is 5.91 Å². The van der Waals surface area contributed by atoms with E-state index in [-0.39, 0.29) is 23.7 Å². The number of nitrogens with two attached hydrogens (primary N) is 1. The Morgan fingerprint density at radius 3 is 2.59 bits per heavy atom. The van der Waals surface area contributed by atoms with Gasteiger partial charge in [-0.05, 0) is 32.8 Å². The quantitative estimate of drug-likeness (QED) is 0.888. The van der Waals surface area contributed by atoms with Crippen LogP contribution in [0.2, 0.25) is 0 Å². The van der Waals surface area contributed by atoms with E-state index < -0.39 is 6.04 Å². The van der Waals surface area contributed by atoms with Crippen LogP contribution in [0.3, 0.4) is 0 Å². The molecule has 1 heterocycles. The van der Waals surface area contributed by atoms with Crippen LogP contribution in [0.25, 0.3) is 0 Å². The smallest absolute Gasteiger partial charge is 0.237 e. The van der Waals surface area contributed by atoms with Crippen LogP contribution in [0.1, 0.15) is 25.6 Å². The molecule has 6 heteroatoms. The first-order valence-electron chi connectivity index (χ1n) is 5.07. The van der Waals surface area contributed by atoms with E-state index in [2.05, 4.69) is 21.2 Å². The van der Waals surface area contributed by atoms with Crippen molar-refractivity contribution in [2.75, 3.05) is 0 Å². The third kappa shape index (κ3) is 4.95. The van der Waals surface area contributed by atoms with E-state index in [1.54, 1.807) is 11.3 Å². The van der Waals surface area contributed by atoms with Crippen LogP contribution in [-0.2, 0) is 11.3 Å².